The third-order valence-corrected chi connectivity index (χ3v) is 2.06. The van der Waals surface area contributed by atoms with Crippen LogP contribution in [0.3, 0.4) is 0 Å². The van der Waals surface area contributed by atoms with Gasteiger partial charge in [-0.3, -0.25) is 0 Å². The summed E-state index contributed by atoms with van der Waals surface area (Å²) in [6, 6.07) is 7.49. The van der Waals surface area contributed by atoms with Crippen LogP contribution in [0.25, 0.3) is 5.69 Å². The minimum atomic E-state index is -4.44. The summed E-state index contributed by atoms with van der Waals surface area (Å²) in [7, 11) is 0. The number of rotatable bonds is 1. The second-order valence-electron chi connectivity index (χ2n) is 3.20. The van der Waals surface area contributed by atoms with E-state index >= 15 is 0 Å². The molecule has 0 saturated heterocycles. The Morgan fingerprint density at radius 2 is 1.81 bits per heavy atom. The fourth-order valence-corrected chi connectivity index (χ4v) is 1.31. The molecular formula is C10H8F3N3. The lowest BCUT2D eigenvalue weighted by Crippen LogP contribution is -2.07. The van der Waals surface area contributed by atoms with E-state index in [2.05, 4.69) is 5.10 Å². The Labute approximate surface area is 89.3 Å². The average Bonchev–Trinajstić information content (AvgIpc) is 2.66. The topological polar surface area (TPSA) is 43.8 Å². The predicted octanol–water partition coefficient (Wildman–Crippen LogP) is 2.47. The first-order valence-electron chi connectivity index (χ1n) is 4.46. The summed E-state index contributed by atoms with van der Waals surface area (Å²) < 4.78 is 38.0. The molecule has 1 aromatic carbocycles. The van der Waals surface area contributed by atoms with Crippen molar-refractivity contribution in [2.45, 2.75) is 6.18 Å². The Kier molecular flexibility index (Phi) is 2.34. The lowest BCUT2D eigenvalue weighted by molar-refractivity contribution is -0.141. The molecule has 0 amide bonds. The molecule has 6 heteroatoms. The third-order valence-electron chi connectivity index (χ3n) is 2.06. The number of para-hydroxylation sites is 2. The molecule has 0 bridgehead atoms. The number of nitrogen functional groups attached to an aromatic ring is 1. The summed E-state index contributed by atoms with van der Waals surface area (Å²) >= 11 is 0. The van der Waals surface area contributed by atoms with E-state index < -0.39 is 11.9 Å². The van der Waals surface area contributed by atoms with Crippen molar-refractivity contribution in [1.29, 1.82) is 0 Å². The Morgan fingerprint density at radius 3 is 2.38 bits per heavy atom. The smallest absolute Gasteiger partial charge is 0.397 e. The van der Waals surface area contributed by atoms with Crippen molar-refractivity contribution in [3.8, 4) is 5.69 Å². The lowest BCUT2D eigenvalue weighted by Gasteiger charge is -2.05. The van der Waals surface area contributed by atoms with Gasteiger partial charge in [0.1, 0.15) is 0 Å². The largest absolute Gasteiger partial charge is 0.435 e. The third kappa shape index (κ3) is 1.86. The normalized spacial score (nSPS) is 11.7. The van der Waals surface area contributed by atoms with Gasteiger partial charge in [0.25, 0.3) is 0 Å². The summed E-state index contributed by atoms with van der Waals surface area (Å²) in [5.41, 5.74) is 5.50. The van der Waals surface area contributed by atoms with Gasteiger partial charge in [-0.1, -0.05) is 12.1 Å². The number of alkyl halides is 3. The fourth-order valence-electron chi connectivity index (χ4n) is 1.31. The molecular weight excluding hydrogens is 219 g/mol. The molecule has 1 heterocycles. The highest BCUT2D eigenvalue weighted by atomic mass is 19.4. The fraction of sp³-hybridized carbons (Fsp3) is 0.100. The van der Waals surface area contributed by atoms with E-state index in [-0.39, 0.29) is 0 Å². The van der Waals surface area contributed by atoms with Gasteiger partial charge >= 0.3 is 6.18 Å². The van der Waals surface area contributed by atoms with Gasteiger partial charge in [0.05, 0.1) is 11.4 Å². The molecule has 16 heavy (non-hydrogen) atoms. The molecule has 0 aliphatic heterocycles. The monoisotopic (exact) mass is 227 g/mol. The molecule has 0 aliphatic carbocycles. The SMILES string of the molecule is Nc1ccccc1-n1ccc(C(F)(F)F)n1. The molecule has 0 spiro atoms. The minimum Gasteiger partial charge on any atom is -0.397 e. The number of aromatic nitrogens is 2. The molecule has 0 radical (unpaired) electrons. The molecule has 0 atom stereocenters. The maximum atomic E-state index is 12.3. The van der Waals surface area contributed by atoms with E-state index in [1.165, 1.54) is 6.20 Å². The van der Waals surface area contributed by atoms with E-state index in [1.54, 1.807) is 24.3 Å². The van der Waals surface area contributed by atoms with E-state index in [1.807, 2.05) is 0 Å². The molecule has 0 aliphatic rings. The summed E-state index contributed by atoms with van der Waals surface area (Å²) in [4.78, 5) is 0. The first-order valence-corrected chi connectivity index (χ1v) is 4.46. The predicted molar refractivity (Wildman–Crippen MR) is 53.0 cm³/mol. The molecule has 0 saturated carbocycles. The molecule has 2 rings (SSSR count). The van der Waals surface area contributed by atoms with Crippen LogP contribution in [0.1, 0.15) is 5.69 Å². The van der Waals surface area contributed by atoms with Gasteiger partial charge in [-0.25, -0.2) is 4.68 Å². The minimum absolute atomic E-state index is 0.374. The molecule has 3 nitrogen and oxygen atoms in total. The second kappa shape index (κ2) is 3.55. The van der Waals surface area contributed by atoms with Crippen LogP contribution in [0.5, 0.6) is 0 Å². The quantitative estimate of drug-likeness (QED) is 0.760. The molecule has 2 aromatic rings. The van der Waals surface area contributed by atoms with Crippen LogP contribution in [0, 0.1) is 0 Å². The number of halogens is 3. The van der Waals surface area contributed by atoms with Crippen LogP contribution in [0.2, 0.25) is 0 Å². The van der Waals surface area contributed by atoms with Crippen molar-refractivity contribution < 1.29 is 13.2 Å². The average molecular weight is 227 g/mol. The maximum absolute atomic E-state index is 12.3. The Morgan fingerprint density at radius 1 is 1.12 bits per heavy atom. The molecule has 2 N–H and O–H groups in total. The van der Waals surface area contributed by atoms with E-state index in [0.29, 0.717) is 11.4 Å². The number of benzene rings is 1. The van der Waals surface area contributed by atoms with Crippen LogP contribution in [-0.2, 0) is 6.18 Å². The summed E-state index contributed by atoms with van der Waals surface area (Å²) in [5.74, 6) is 0. The highest BCUT2D eigenvalue weighted by Gasteiger charge is 2.33. The number of hydrogen-bond donors (Lipinski definition) is 1. The number of nitrogens with zero attached hydrogens (tertiary/aromatic N) is 2. The number of anilines is 1. The van der Waals surface area contributed by atoms with Crippen LogP contribution in [0.15, 0.2) is 36.5 Å². The molecule has 0 fully saturated rings. The van der Waals surface area contributed by atoms with Crippen molar-refractivity contribution in [1.82, 2.24) is 9.78 Å². The highest BCUT2D eigenvalue weighted by molar-refractivity contribution is 5.56. The van der Waals surface area contributed by atoms with Gasteiger partial charge in [0.15, 0.2) is 5.69 Å². The second-order valence-corrected chi connectivity index (χ2v) is 3.20. The van der Waals surface area contributed by atoms with E-state index in [4.69, 9.17) is 5.73 Å². The van der Waals surface area contributed by atoms with Gasteiger partial charge in [0, 0.05) is 6.20 Å². The van der Waals surface area contributed by atoms with Gasteiger partial charge in [-0.15, -0.1) is 0 Å². The van der Waals surface area contributed by atoms with Gasteiger partial charge in [0.2, 0.25) is 0 Å². The standard InChI is InChI=1S/C10H8F3N3/c11-10(12,13)9-5-6-16(15-9)8-4-2-1-3-7(8)14/h1-6H,14H2. The first kappa shape index (κ1) is 10.5. The zero-order chi connectivity index (χ0) is 11.8. The van der Waals surface area contributed by atoms with Crippen LogP contribution >= 0.6 is 0 Å². The van der Waals surface area contributed by atoms with Crippen molar-refractivity contribution in [2.75, 3.05) is 5.73 Å². The summed E-state index contributed by atoms with van der Waals surface area (Å²) in [6.07, 6.45) is -3.21. The van der Waals surface area contributed by atoms with Crippen molar-refractivity contribution in [3.05, 3.63) is 42.2 Å². The van der Waals surface area contributed by atoms with Crippen molar-refractivity contribution in [2.24, 2.45) is 0 Å². The summed E-state index contributed by atoms with van der Waals surface area (Å²) in [6.45, 7) is 0. The van der Waals surface area contributed by atoms with Crippen molar-refractivity contribution in [3.63, 3.8) is 0 Å². The first-order chi connectivity index (χ1) is 7.48. The molecule has 84 valence electrons. The molecule has 1 aromatic heterocycles. The van der Waals surface area contributed by atoms with E-state index in [9.17, 15) is 13.2 Å². The van der Waals surface area contributed by atoms with Crippen LogP contribution in [-0.4, -0.2) is 9.78 Å². The number of hydrogen-bond acceptors (Lipinski definition) is 2. The van der Waals surface area contributed by atoms with Gasteiger partial charge < -0.3 is 5.73 Å². The Balaban J connectivity index is 2.44. The number of nitrogens with two attached hydrogens (primary N) is 1. The Bertz CT molecular complexity index is 502. The zero-order valence-electron chi connectivity index (χ0n) is 8.07. The maximum Gasteiger partial charge on any atom is 0.435 e. The van der Waals surface area contributed by atoms with Gasteiger partial charge in [-0.05, 0) is 18.2 Å². The lowest BCUT2D eigenvalue weighted by atomic mass is 10.3. The van der Waals surface area contributed by atoms with E-state index in [0.717, 1.165) is 10.7 Å². The van der Waals surface area contributed by atoms with Crippen LogP contribution in [0.4, 0.5) is 18.9 Å². The molecule has 0 unspecified atom stereocenters. The zero-order valence-corrected chi connectivity index (χ0v) is 8.07. The van der Waals surface area contributed by atoms with Crippen molar-refractivity contribution >= 4 is 5.69 Å². The highest BCUT2D eigenvalue weighted by Crippen LogP contribution is 2.28. The van der Waals surface area contributed by atoms with Gasteiger partial charge in [-0.2, -0.15) is 18.3 Å². The summed E-state index contributed by atoms with van der Waals surface area (Å²) in [5, 5.41) is 3.42. The Hall–Kier alpha value is -1.98. The van der Waals surface area contributed by atoms with Crippen LogP contribution < -0.4 is 5.73 Å².